The highest BCUT2D eigenvalue weighted by Gasteiger charge is 2.22. The van der Waals surface area contributed by atoms with Crippen molar-refractivity contribution in [3.8, 4) is 22.1 Å². The minimum Gasteiger partial charge on any atom is -0.311 e. The van der Waals surface area contributed by atoms with Crippen molar-refractivity contribution in [3.05, 3.63) is 116 Å². The molecular weight excluding hydrogens is 474 g/mol. The average molecular weight is 494 g/mol. The van der Waals surface area contributed by atoms with Crippen LogP contribution in [0.5, 0.6) is 0 Å². The summed E-state index contributed by atoms with van der Waals surface area (Å²) in [5.74, 6) is 0.846. The summed E-state index contributed by atoms with van der Waals surface area (Å²) in [7, 11) is 0. The number of thiazole rings is 1. The monoisotopic (exact) mass is 493 g/mol. The lowest BCUT2D eigenvalue weighted by molar-refractivity contribution is 1.03. The molecule has 0 atom stereocenters. The predicted octanol–water partition coefficient (Wildman–Crippen LogP) is 7.79. The summed E-state index contributed by atoms with van der Waals surface area (Å²) in [4.78, 5) is 14.7. The van der Waals surface area contributed by atoms with E-state index in [1.165, 1.54) is 10.8 Å². The first-order chi connectivity index (χ1) is 18.4. The lowest BCUT2D eigenvalue weighted by Gasteiger charge is -2.11. The van der Waals surface area contributed by atoms with E-state index in [4.69, 9.17) is 15.0 Å². The lowest BCUT2D eigenvalue weighted by atomic mass is 10.2. The maximum Gasteiger partial charge on any atom is 0.166 e. The van der Waals surface area contributed by atoms with Crippen LogP contribution < -0.4 is 0 Å². The molecule has 0 unspecified atom stereocenters. The highest BCUT2D eigenvalue weighted by Crippen LogP contribution is 2.39. The van der Waals surface area contributed by atoms with Crippen molar-refractivity contribution < 1.29 is 0 Å². The molecule has 0 aliphatic rings. The Labute approximate surface area is 215 Å². The smallest absolute Gasteiger partial charge is 0.166 e. The van der Waals surface area contributed by atoms with Gasteiger partial charge in [-0.1, -0.05) is 66.7 Å². The minimum atomic E-state index is 0.846. The van der Waals surface area contributed by atoms with Gasteiger partial charge in [0.1, 0.15) is 22.4 Å². The van der Waals surface area contributed by atoms with Crippen LogP contribution >= 0.6 is 11.3 Å². The molecule has 5 nitrogen and oxygen atoms in total. The Morgan fingerprint density at radius 3 is 2.08 bits per heavy atom. The zero-order valence-electron chi connectivity index (χ0n) is 19.6. The van der Waals surface area contributed by atoms with Crippen LogP contribution in [0, 0.1) is 0 Å². The number of aromatic nitrogens is 5. The molecule has 0 amide bonds. The number of benzene rings is 4. The minimum absolute atomic E-state index is 0.846. The molecule has 4 aromatic heterocycles. The van der Waals surface area contributed by atoms with Crippen LogP contribution in [0.1, 0.15) is 0 Å². The number of fused-ring (bicyclic) bond motifs is 5. The summed E-state index contributed by atoms with van der Waals surface area (Å²) in [5.41, 5.74) is 7.13. The van der Waals surface area contributed by atoms with Gasteiger partial charge in [0, 0.05) is 22.7 Å². The van der Waals surface area contributed by atoms with Gasteiger partial charge in [-0.15, -0.1) is 11.3 Å². The molecular formula is C31H19N5S. The van der Waals surface area contributed by atoms with Crippen molar-refractivity contribution >= 4 is 54.4 Å². The third-order valence-corrected chi connectivity index (χ3v) is 7.98. The molecule has 4 aromatic carbocycles. The van der Waals surface area contributed by atoms with E-state index < -0.39 is 0 Å². The van der Waals surface area contributed by atoms with Gasteiger partial charge in [0.2, 0.25) is 0 Å². The molecule has 37 heavy (non-hydrogen) atoms. The Morgan fingerprint density at radius 1 is 0.649 bits per heavy atom. The molecule has 0 spiro atoms. The molecule has 0 saturated carbocycles. The van der Waals surface area contributed by atoms with Crippen molar-refractivity contribution in [2.75, 3.05) is 0 Å². The Hall–Kier alpha value is -4.81. The first kappa shape index (κ1) is 20.4. The molecule has 8 aromatic rings. The second kappa shape index (κ2) is 7.85. The third kappa shape index (κ3) is 3.00. The van der Waals surface area contributed by atoms with Gasteiger partial charge in [-0.2, -0.15) is 0 Å². The summed E-state index contributed by atoms with van der Waals surface area (Å²) < 4.78 is 5.63. The van der Waals surface area contributed by atoms with Crippen LogP contribution in [0.25, 0.3) is 65.1 Å². The number of hydrogen-bond donors (Lipinski definition) is 0. The highest BCUT2D eigenvalue weighted by atomic mass is 32.1. The number of nitrogens with zero attached hydrogens (tertiary/aromatic N) is 5. The van der Waals surface area contributed by atoms with Gasteiger partial charge < -0.3 is 4.57 Å². The molecule has 0 aliphatic carbocycles. The first-order valence-electron chi connectivity index (χ1n) is 12.1. The molecule has 8 rings (SSSR count). The Morgan fingerprint density at radius 2 is 1.32 bits per heavy atom. The van der Waals surface area contributed by atoms with Crippen molar-refractivity contribution in [2.24, 2.45) is 0 Å². The van der Waals surface area contributed by atoms with E-state index in [0.717, 1.165) is 54.4 Å². The maximum atomic E-state index is 4.97. The molecule has 4 heterocycles. The van der Waals surface area contributed by atoms with E-state index in [2.05, 4.69) is 106 Å². The zero-order chi connectivity index (χ0) is 24.3. The summed E-state index contributed by atoms with van der Waals surface area (Å²) in [6, 6.07) is 35.7. The van der Waals surface area contributed by atoms with E-state index in [1.54, 1.807) is 17.7 Å². The van der Waals surface area contributed by atoms with Crippen LogP contribution in [-0.4, -0.2) is 24.1 Å². The third-order valence-electron chi connectivity index (χ3n) is 6.91. The molecule has 0 radical (unpaired) electrons. The van der Waals surface area contributed by atoms with E-state index >= 15 is 0 Å². The van der Waals surface area contributed by atoms with Gasteiger partial charge in [-0.25, -0.2) is 15.0 Å². The summed E-state index contributed by atoms with van der Waals surface area (Å²) in [5, 5.41) is 3.36. The molecule has 0 N–H and O–H groups in total. The van der Waals surface area contributed by atoms with Crippen molar-refractivity contribution in [1.82, 2.24) is 24.1 Å². The fourth-order valence-electron chi connectivity index (χ4n) is 5.29. The summed E-state index contributed by atoms with van der Waals surface area (Å²) >= 11 is 1.69. The largest absolute Gasteiger partial charge is 0.311 e. The summed E-state index contributed by atoms with van der Waals surface area (Å²) in [6.07, 6.45) is 3.83. The van der Waals surface area contributed by atoms with E-state index in [9.17, 15) is 0 Å². The molecule has 0 aliphatic heterocycles. The predicted molar refractivity (Wildman–Crippen MR) is 152 cm³/mol. The topological polar surface area (TPSA) is 48.5 Å². The SMILES string of the molecule is c1ccc(-n2cc(-c3nc4ccccc4s3)c3ncnc(-n4c5ccccc5c5ccccc54)c32)cc1. The van der Waals surface area contributed by atoms with Crippen LogP contribution in [0.15, 0.2) is 116 Å². The van der Waals surface area contributed by atoms with Gasteiger partial charge in [0.25, 0.3) is 0 Å². The van der Waals surface area contributed by atoms with Gasteiger partial charge in [-0.3, -0.25) is 4.57 Å². The lowest BCUT2D eigenvalue weighted by Crippen LogP contribution is -2.03. The average Bonchev–Trinajstić information content (AvgIpc) is 3.65. The fourth-order valence-corrected chi connectivity index (χ4v) is 6.27. The van der Waals surface area contributed by atoms with Gasteiger partial charge >= 0.3 is 0 Å². The van der Waals surface area contributed by atoms with Gasteiger partial charge in [0.05, 0.1) is 26.8 Å². The quantitative estimate of drug-likeness (QED) is 0.252. The van der Waals surface area contributed by atoms with Gasteiger partial charge in [0.15, 0.2) is 5.82 Å². The summed E-state index contributed by atoms with van der Waals surface area (Å²) in [6.45, 7) is 0. The fraction of sp³-hybridized carbons (Fsp3) is 0. The highest BCUT2D eigenvalue weighted by molar-refractivity contribution is 7.21. The molecule has 0 fully saturated rings. The van der Waals surface area contributed by atoms with E-state index in [0.29, 0.717) is 0 Å². The normalized spacial score (nSPS) is 11.8. The Balaban J connectivity index is 1.51. The van der Waals surface area contributed by atoms with Crippen molar-refractivity contribution in [1.29, 1.82) is 0 Å². The Kier molecular flexibility index (Phi) is 4.32. The van der Waals surface area contributed by atoms with Crippen LogP contribution in [0.4, 0.5) is 0 Å². The molecule has 0 bridgehead atoms. The van der Waals surface area contributed by atoms with Crippen molar-refractivity contribution in [2.45, 2.75) is 0 Å². The Bertz CT molecular complexity index is 2010. The van der Waals surface area contributed by atoms with Crippen LogP contribution in [0.3, 0.4) is 0 Å². The zero-order valence-corrected chi connectivity index (χ0v) is 20.4. The van der Waals surface area contributed by atoms with Crippen LogP contribution in [-0.2, 0) is 0 Å². The maximum absolute atomic E-state index is 4.97. The van der Waals surface area contributed by atoms with E-state index in [-0.39, 0.29) is 0 Å². The number of para-hydroxylation sites is 4. The molecule has 174 valence electrons. The first-order valence-corrected chi connectivity index (χ1v) is 12.9. The molecule has 6 heteroatoms. The second-order valence-electron chi connectivity index (χ2n) is 9.00. The van der Waals surface area contributed by atoms with E-state index in [1.807, 2.05) is 12.1 Å². The number of rotatable bonds is 3. The molecule has 0 saturated heterocycles. The van der Waals surface area contributed by atoms with Crippen molar-refractivity contribution in [3.63, 3.8) is 0 Å². The van der Waals surface area contributed by atoms with Crippen LogP contribution in [0.2, 0.25) is 0 Å². The number of hydrogen-bond acceptors (Lipinski definition) is 4. The standard InChI is InChI=1S/C31H19N5S/c1-2-10-20(11-3-1)35-18-23(31-34-24-14-6-9-17-27(24)37-31)28-29(35)30(33-19-32-28)36-25-15-7-4-12-21(25)22-13-5-8-16-26(22)36/h1-19H. The van der Waals surface area contributed by atoms with Gasteiger partial charge in [-0.05, 0) is 36.4 Å². The second-order valence-corrected chi connectivity index (χ2v) is 10.0.